The minimum absolute atomic E-state index is 0.0590. The first-order valence-corrected chi connectivity index (χ1v) is 10.6. The number of rotatable bonds is 6. The van der Waals surface area contributed by atoms with E-state index in [0.29, 0.717) is 11.3 Å². The number of hydrogen-bond donors (Lipinski definition) is 2. The monoisotopic (exact) mass is 412 g/mol. The summed E-state index contributed by atoms with van der Waals surface area (Å²) >= 11 is 3.89. The fourth-order valence-corrected chi connectivity index (χ4v) is 5.57. The molecule has 1 aromatic rings. The number of thiophene rings is 1. The summed E-state index contributed by atoms with van der Waals surface area (Å²) in [5.41, 5.74) is 0.493. The number of carbonyl (C=O) groups is 4. The van der Waals surface area contributed by atoms with Gasteiger partial charge in [-0.05, 0) is 17.0 Å². The number of amides is 2. The number of β-lactam (4-membered cyclic amide) rings is 1. The summed E-state index contributed by atoms with van der Waals surface area (Å²) in [5.74, 6) is -1.22. The van der Waals surface area contributed by atoms with Crippen molar-refractivity contribution >= 4 is 57.8 Å². The summed E-state index contributed by atoms with van der Waals surface area (Å²) in [6, 6.07) is 2.98. The van der Waals surface area contributed by atoms with Crippen LogP contribution in [0.15, 0.2) is 28.8 Å². The molecule has 3 rings (SSSR count). The maximum absolute atomic E-state index is 12.5. The molecule has 2 aliphatic heterocycles. The molecule has 1 unspecified atom stereocenters. The van der Waals surface area contributed by atoms with Crippen LogP contribution in [0.5, 0.6) is 0 Å². The van der Waals surface area contributed by atoms with Crippen LogP contribution in [0.3, 0.4) is 0 Å². The maximum Gasteiger partial charge on any atom is 0.352 e. The van der Waals surface area contributed by atoms with Crippen molar-refractivity contribution in [2.75, 3.05) is 11.5 Å². The number of thioether (sulfide) groups is 2. The number of nitrogens with zero attached hydrogens (tertiary/aromatic N) is 1. The first kappa shape index (κ1) is 19.0. The highest BCUT2D eigenvalue weighted by molar-refractivity contribution is 8.13. The summed E-state index contributed by atoms with van der Waals surface area (Å²) in [6.45, 7) is 1.42. The highest BCUT2D eigenvalue weighted by atomic mass is 32.2. The molecule has 1 saturated heterocycles. The van der Waals surface area contributed by atoms with Crippen molar-refractivity contribution in [3.8, 4) is 0 Å². The molecule has 2 atom stereocenters. The second kappa shape index (κ2) is 7.85. The molecular weight excluding hydrogens is 396 g/mol. The Morgan fingerprint density at radius 2 is 2.19 bits per heavy atom. The van der Waals surface area contributed by atoms with Crippen LogP contribution in [0.4, 0.5) is 0 Å². The highest BCUT2D eigenvalue weighted by Crippen LogP contribution is 2.41. The largest absolute Gasteiger partial charge is 0.477 e. The van der Waals surface area contributed by atoms with Crippen LogP contribution >= 0.6 is 34.9 Å². The topological polar surface area (TPSA) is 104 Å². The van der Waals surface area contributed by atoms with Crippen molar-refractivity contribution < 1.29 is 24.3 Å². The van der Waals surface area contributed by atoms with Crippen LogP contribution in [-0.4, -0.2) is 55.8 Å². The lowest BCUT2D eigenvalue weighted by molar-refractivity contribution is -0.150. The third-order valence-electron chi connectivity index (χ3n) is 3.93. The first-order chi connectivity index (χ1) is 12.4. The Labute approximate surface area is 162 Å². The molecule has 2 aliphatic rings. The van der Waals surface area contributed by atoms with Crippen LogP contribution in [0.2, 0.25) is 0 Å². The number of hydrogen-bond acceptors (Lipinski definition) is 7. The number of carboxylic acid groups (broad SMARTS) is 1. The van der Waals surface area contributed by atoms with Crippen LogP contribution in [0, 0.1) is 0 Å². The van der Waals surface area contributed by atoms with Crippen molar-refractivity contribution in [1.29, 1.82) is 0 Å². The molecule has 0 spiro atoms. The van der Waals surface area contributed by atoms with E-state index in [4.69, 9.17) is 0 Å². The van der Waals surface area contributed by atoms with E-state index in [1.54, 1.807) is 0 Å². The molecule has 26 heavy (non-hydrogen) atoms. The van der Waals surface area contributed by atoms with Gasteiger partial charge in [-0.3, -0.25) is 19.3 Å². The minimum Gasteiger partial charge on any atom is -0.477 e. The molecule has 0 radical (unpaired) electrons. The predicted molar refractivity (Wildman–Crippen MR) is 101 cm³/mol. The van der Waals surface area contributed by atoms with Gasteiger partial charge in [-0.15, -0.1) is 23.1 Å². The number of aliphatic carboxylic acids is 1. The first-order valence-electron chi connectivity index (χ1n) is 7.73. The Kier molecular flexibility index (Phi) is 5.73. The molecule has 7 nitrogen and oxygen atoms in total. The van der Waals surface area contributed by atoms with Crippen LogP contribution in [0.25, 0.3) is 0 Å². The van der Waals surface area contributed by atoms with Crippen molar-refractivity contribution in [3.05, 3.63) is 33.7 Å². The summed E-state index contributed by atoms with van der Waals surface area (Å²) in [4.78, 5) is 49.5. The molecule has 0 aromatic carbocycles. The van der Waals surface area contributed by atoms with Crippen molar-refractivity contribution in [2.24, 2.45) is 0 Å². The third kappa shape index (κ3) is 3.81. The van der Waals surface area contributed by atoms with E-state index in [0.717, 1.165) is 16.6 Å². The van der Waals surface area contributed by atoms with Crippen molar-refractivity contribution in [2.45, 2.75) is 24.8 Å². The number of nitrogens with one attached hydrogen (secondary N) is 1. The minimum atomic E-state index is -1.19. The molecule has 2 N–H and O–H groups in total. The van der Waals surface area contributed by atoms with Gasteiger partial charge in [0.25, 0.3) is 5.91 Å². The van der Waals surface area contributed by atoms with E-state index in [-0.39, 0.29) is 28.9 Å². The van der Waals surface area contributed by atoms with E-state index in [1.807, 2.05) is 17.5 Å². The van der Waals surface area contributed by atoms with Gasteiger partial charge in [0.1, 0.15) is 17.1 Å². The molecule has 0 bridgehead atoms. The van der Waals surface area contributed by atoms with Crippen LogP contribution < -0.4 is 5.32 Å². The van der Waals surface area contributed by atoms with E-state index >= 15 is 0 Å². The number of carbonyl (C=O) groups excluding carboxylic acids is 3. The summed E-state index contributed by atoms with van der Waals surface area (Å²) in [7, 11) is 0. The highest BCUT2D eigenvalue weighted by Gasteiger charge is 2.54. The molecule has 10 heteroatoms. The lowest BCUT2D eigenvalue weighted by Gasteiger charge is -2.49. The Bertz CT molecular complexity index is 790. The van der Waals surface area contributed by atoms with Crippen molar-refractivity contribution in [3.63, 3.8) is 0 Å². The Balaban J connectivity index is 1.69. The zero-order chi connectivity index (χ0) is 18.8. The van der Waals surface area contributed by atoms with E-state index in [2.05, 4.69) is 5.32 Å². The molecule has 2 amide bonds. The van der Waals surface area contributed by atoms with E-state index in [9.17, 15) is 24.3 Å². The fraction of sp³-hybridized carbons (Fsp3) is 0.375. The Morgan fingerprint density at radius 3 is 2.81 bits per heavy atom. The number of carboxylic acids is 1. The zero-order valence-corrected chi connectivity index (χ0v) is 16.2. The molecule has 138 valence electrons. The molecule has 0 aliphatic carbocycles. The fourth-order valence-electron chi connectivity index (χ4n) is 2.78. The van der Waals surface area contributed by atoms with Gasteiger partial charge in [-0.2, -0.15) is 0 Å². The van der Waals surface area contributed by atoms with Gasteiger partial charge in [-0.25, -0.2) is 4.79 Å². The standard InChI is InChI=1S/C16H16N2O5S3/c1-8(19)25-6-9-7-26-15-12(14(21)18(15)13(9)16(22)23)17-11(20)5-10-3-2-4-24-10/h2-4,12,15H,5-7H2,1H3,(H,17,20)(H,22,23)/t12?,15-/m1/s1. The smallest absolute Gasteiger partial charge is 0.352 e. The lowest BCUT2D eigenvalue weighted by Crippen LogP contribution is -2.70. The molecule has 0 saturated carbocycles. The van der Waals surface area contributed by atoms with Gasteiger partial charge in [0.15, 0.2) is 5.12 Å². The third-order valence-corrected chi connectivity index (χ3v) is 7.05. The summed E-state index contributed by atoms with van der Waals surface area (Å²) in [5, 5.41) is 13.6. The summed E-state index contributed by atoms with van der Waals surface area (Å²) in [6.07, 6.45) is 0.195. The van der Waals surface area contributed by atoms with Gasteiger partial charge < -0.3 is 10.4 Å². The lowest BCUT2D eigenvalue weighted by atomic mass is 10.0. The second-order valence-electron chi connectivity index (χ2n) is 5.75. The molecule has 1 aromatic heterocycles. The maximum atomic E-state index is 12.5. The van der Waals surface area contributed by atoms with Gasteiger partial charge >= 0.3 is 5.97 Å². The van der Waals surface area contributed by atoms with Gasteiger partial charge in [0.05, 0.1) is 6.42 Å². The predicted octanol–water partition coefficient (Wildman–Crippen LogP) is 1.31. The zero-order valence-electron chi connectivity index (χ0n) is 13.8. The number of fused-ring (bicyclic) bond motifs is 1. The van der Waals surface area contributed by atoms with Crippen molar-refractivity contribution in [1.82, 2.24) is 10.2 Å². The Morgan fingerprint density at radius 1 is 1.42 bits per heavy atom. The molecule has 3 heterocycles. The molecular formula is C16H16N2O5S3. The van der Waals surface area contributed by atoms with Gasteiger partial charge in [0.2, 0.25) is 5.91 Å². The average molecular weight is 413 g/mol. The van der Waals surface area contributed by atoms with Crippen LogP contribution in [-0.2, 0) is 25.6 Å². The van der Waals surface area contributed by atoms with Gasteiger partial charge in [0, 0.05) is 23.3 Å². The summed E-state index contributed by atoms with van der Waals surface area (Å²) < 4.78 is 0. The quantitative estimate of drug-likeness (QED) is 0.679. The SMILES string of the molecule is CC(=O)SCC1=C(C(=O)O)N2C(=O)C(NC(=O)Cc3cccs3)[C@H]2SC1. The Hall–Kier alpha value is -1.78. The normalized spacial score (nSPS) is 21.9. The van der Waals surface area contributed by atoms with Gasteiger partial charge in [-0.1, -0.05) is 17.8 Å². The average Bonchev–Trinajstić information content (AvgIpc) is 3.09. The van der Waals surface area contributed by atoms with E-state index < -0.39 is 23.3 Å². The second-order valence-corrected chi connectivity index (χ2v) is 9.04. The molecule has 1 fully saturated rings. The van der Waals surface area contributed by atoms with E-state index in [1.165, 1.54) is 34.9 Å². The van der Waals surface area contributed by atoms with Crippen LogP contribution in [0.1, 0.15) is 11.8 Å².